The van der Waals surface area contributed by atoms with Crippen LogP contribution in [0, 0.1) is 0 Å². The Morgan fingerprint density at radius 2 is 1.65 bits per heavy atom. The van der Waals surface area contributed by atoms with Crippen LogP contribution >= 0.6 is 0 Å². The molecule has 0 aliphatic heterocycles. The molecule has 2 rings (SSSR count). The second kappa shape index (κ2) is 7.31. The molecule has 0 unspecified atom stereocenters. The summed E-state index contributed by atoms with van der Waals surface area (Å²) in [6.07, 6.45) is -0.875. The third kappa shape index (κ3) is 4.00. The summed E-state index contributed by atoms with van der Waals surface area (Å²) in [5.74, 6) is -0.853. The van der Waals surface area contributed by atoms with Crippen molar-refractivity contribution in [2.45, 2.75) is 13.0 Å². The molecule has 0 bridgehead atoms. The minimum atomic E-state index is -1.11. The van der Waals surface area contributed by atoms with E-state index < -0.39 is 18.0 Å². The van der Waals surface area contributed by atoms with Crippen LogP contribution in [0.25, 0.3) is 0 Å². The highest BCUT2D eigenvalue weighted by Crippen LogP contribution is 2.24. The number of anilines is 1. The number of para-hydroxylation sites is 3. The summed E-state index contributed by atoms with van der Waals surface area (Å²) in [5, 5.41) is 11.8. The maximum absolute atomic E-state index is 12.2. The number of carboxylic acids is 1. The van der Waals surface area contributed by atoms with Gasteiger partial charge in [0.2, 0.25) is 0 Å². The number of aromatic carboxylic acids is 1. The Kier molecular flexibility index (Phi) is 5.19. The van der Waals surface area contributed by atoms with Crippen molar-refractivity contribution in [3.63, 3.8) is 0 Å². The van der Waals surface area contributed by atoms with E-state index >= 15 is 0 Å². The molecule has 1 atom stereocenters. The van der Waals surface area contributed by atoms with Gasteiger partial charge in [-0.3, -0.25) is 4.79 Å². The van der Waals surface area contributed by atoms with E-state index in [1.165, 1.54) is 19.2 Å². The lowest BCUT2D eigenvalue weighted by atomic mass is 10.2. The van der Waals surface area contributed by atoms with E-state index in [2.05, 4.69) is 5.32 Å². The molecule has 6 heteroatoms. The van der Waals surface area contributed by atoms with Crippen LogP contribution in [-0.4, -0.2) is 30.2 Å². The molecular formula is C17H17NO5. The van der Waals surface area contributed by atoms with Crippen molar-refractivity contribution in [1.82, 2.24) is 0 Å². The van der Waals surface area contributed by atoms with E-state index in [4.69, 9.17) is 14.6 Å². The highest BCUT2D eigenvalue weighted by Gasteiger charge is 2.19. The maximum atomic E-state index is 12.2. The van der Waals surface area contributed by atoms with Gasteiger partial charge in [-0.05, 0) is 31.2 Å². The quantitative estimate of drug-likeness (QED) is 0.856. The first-order valence-electron chi connectivity index (χ1n) is 6.95. The molecule has 0 saturated carbocycles. The van der Waals surface area contributed by atoms with E-state index in [1.807, 2.05) is 0 Å². The number of hydrogen-bond donors (Lipinski definition) is 2. The zero-order valence-electron chi connectivity index (χ0n) is 12.8. The van der Waals surface area contributed by atoms with Crippen LogP contribution in [0.3, 0.4) is 0 Å². The first-order chi connectivity index (χ1) is 11.0. The SMILES string of the molecule is COc1ccccc1NC(=O)[C@H](C)Oc1ccccc1C(=O)O. The lowest BCUT2D eigenvalue weighted by Gasteiger charge is -2.17. The topological polar surface area (TPSA) is 84.9 Å². The van der Waals surface area contributed by atoms with Gasteiger partial charge >= 0.3 is 5.97 Å². The van der Waals surface area contributed by atoms with E-state index in [0.29, 0.717) is 11.4 Å². The average Bonchev–Trinajstić information content (AvgIpc) is 2.55. The second-order valence-electron chi connectivity index (χ2n) is 4.75. The summed E-state index contributed by atoms with van der Waals surface area (Å²) in [6.45, 7) is 1.55. The summed E-state index contributed by atoms with van der Waals surface area (Å²) in [7, 11) is 1.51. The Bertz CT molecular complexity index is 714. The van der Waals surface area contributed by atoms with Crippen LogP contribution in [0.15, 0.2) is 48.5 Å². The Morgan fingerprint density at radius 1 is 1.04 bits per heavy atom. The molecule has 0 radical (unpaired) electrons. The molecule has 0 aliphatic rings. The van der Waals surface area contributed by atoms with Crippen molar-refractivity contribution >= 4 is 17.6 Å². The van der Waals surface area contributed by atoms with Gasteiger partial charge in [0.25, 0.3) is 5.91 Å². The number of amides is 1. The van der Waals surface area contributed by atoms with Gasteiger partial charge in [0.1, 0.15) is 17.1 Å². The van der Waals surface area contributed by atoms with Crippen LogP contribution < -0.4 is 14.8 Å². The summed E-state index contributed by atoms with van der Waals surface area (Å²) in [5.41, 5.74) is 0.520. The largest absolute Gasteiger partial charge is 0.495 e. The molecule has 1 amide bonds. The van der Waals surface area contributed by atoms with Crippen LogP contribution in [0.2, 0.25) is 0 Å². The first kappa shape index (κ1) is 16.4. The molecule has 2 N–H and O–H groups in total. The number of carbonyl (C=O) groups excluding carboxylic acids is 1. The van der Waals surface area contributed by atoms with Crippen molar-refractivity contribution in [1.29, 1.82) is 0 Å². The third-order valence-electron chi connectivity index (χ3n) is 3.16. The standard InChI is InChI=1S/C17H17NO5/c1-11(23-14-9-5-3-7-12(14)17(20)21)16(19)18-13-8-4-6-10-15(13)22-2/h3-11H,1-2H3,(H,18,19)(H,20,21)/t11-/m0/s1. The number of carboxylic acid groups (broad SMARTS) is 1. The number of ether oxygens (including phenoxy) is 2. The second-order valence-corrected chi connectivity index (χ2v) is 4.75. The molecule has 2 aromatic carbocycles. The van der Waals surface area contributed by atoms with Crippen LogP contribution in [0.4, 0.5) is 5.69 Å². The van der Waals surface area contributed by atoms with Gasteiger partial charge in [-0.1, -0.05) is 24.3 Å². The van der Waals surface area contributed by atoms with Gasteiger partial charge in [-0.25, -0.2) is 4.79 Å². The van der Waals surface area contributed by atoms with Gasteiger partial charge in [0.05, 0.1) is 12.8 Å². The summed E-state index contributed by atoms with van der Waals surface area (Å²) < 4.78 is 10.6. The molecule has 0 aliphatic carbocycles. The minimum Gasteiger partial charge on any atom is -0.495 e. The summed E-state index contributed by atoms with van der Waals surface area (Å²) in [4.78, 5) is 23.4. The molecule has 2 aromatic rings. The van der Waals surface area contributed by atoms with Crippen LogP contribution in [0.1, 0.15) is 17.3 Å². The van der Waals surface area contributed by atoms with Gasteiger partial charge in [0.15, 0.2) is 6.10 Å². The van der Waals surface area contributed by atoms with Crippen LogP contribution in [0.5, 0.6) is 11.5 Å². The molecule has 6 nitrogen and oxygen atoms in total. The van der Waals surface area contributed by atoms with Crippen molar-refractivity contribution in [3.05, 3.63) is 54.1 Å². The zero-order chi connectivity index (χ0) is 16.8. The van der Waals surface area contributed by atoms with Gasteiger partial charge < -0.3 is 19.9 Å². The van der Waals surface area contributed by atoms with Crippen molar-refractivity contribution in [2.75, 3.05) is 12.4 Å². The fourth-order valence-corrected chi connectivity index (χ4v) is 1.97. The van der Waals surface area contributed by atoms with E-state index in [1.54, 1.807) is 43.3 Å². The van der Waals surface area contributed by atoms with Gasteiger partial charge in [-0.15, -0.1) is 0 Å². The Hall–Kier alpha value is -3.02. The lowest BCUT2D eigenvalue weighted by Crippen LogP contribution is -2.30. The predicted molar refractivity (Wildman–Crippen MR) is 85.1 cm³/mol. The molecule has 0 aromatic heterocycles. The van der Waals surface area contributed by atoms with Gasteiger partial charge in [-0.2, -0.15) is 0 Å². The number of rotatable bonds is 6. The maximum Gasteiger partial charge on any atom is 0.339 e. The highest BCUT2D eigenvalue weighted by atomic mass is 16.5. The number of carbonyl (C=O) groups is 2. The molecule has 0 fully saturated rings. The fraction of sp³-hybridized carbons (Fsp3) is 0.176. The summed E-state index contributed by atoms with van der Waals surface area (Å²) in [6, 6.07) is 13.2. The van der Waals surface area contributed by atoms with E-state index in [-0.39, 0.29) is 11.3 Å². The van der Waals surface area contributed by atoms with Gasteiger partial charge in [0, 0.05) is 0 Å². The monoisotopic (exact) mass is 315 g/mol. The Morgan fingerprint density at radius 3 is 2.30 bits per heavy atom. The Labute approximate surface area is 133 Å². The zero-order valence-corrected chi connectivity index (χ0v) is 12.8. The summed E-state index contributed by atoms with van der Waals surface area (Å²) >= 11 is 0. The van der Waals surface area contributed by atoms with E-state index in [9.17, 15) is 9.59 Å². The number of hydrogen-bond acceptors (Lipinski definition) is 4. The highest BCUT2D eigenvalue weighted by molar-refractivity contribution is 5.96. The third-order valence-corrected chi connectivity index (χ3v) is 3.16. The average molecular weight is 315 g/mol. The number of benzene rings is 2. The number of nitrogens with one attached hydrogen (secondary N) is 1. The minimum absolute atomic E-state index is 0.00411. The molecule has 0 saturated heterocycles. The Balaban J connectivity index is 2.10. The van der Waals surface area contributed by atoms with Crippen molar-refractivity contribution < 1.29 is 24.2 Å². The number of methoxy groups -OCH3 is 1. The lowest BCUT2D eigenvalue weighted by molar-refractivity contribution is -0.122. The van der Waals surface area contributed by atoms with Crippen molar-refractivity contribution in [2.24, 2.45) is 0 Å². The normalized spacial score (nSPS) is 11.4. The molecule has 0 heterocycles. The van der Waals surface area contributed by atoms with Crippen LogP contribution in [-0.2, 0) is 4.79 Å². The molecule has 23 heavy (non-hydrogen) atoms. The smallest absolute Gasteiger partial charge is 0.339 e. The molecule has 0 spiro atoms. The predicted octanol–water partition coefficient (Wildman–Crippen LogP) is 2.80. The molecular weight excluding hydrogens is 298 g/mol. The molecule has 120 valence electrons. The van der Waals surface area contributed by atoms with Crippen molar-refractivity contribution in [3.8, 4) is 11.5 Å². The first-order valence-corrected chi connectivity index (χ1v) is 6.95. The fourth-order valence-electron chi connectivity index (χ4n) is 1.97. The van der Waals surface area contributed by atoms with E-state index in [0.717, 1.165) is 0 Å².